The van der Waals surface area contributed by atoms with E-state index in [9.17, 15) is 4.79 Å². The zero-order chi connectivity index (χ0) is 19.0. The van der Waals surface area contributed by atoms with Gasteiger partial charge in [-0.05, 0) is 49.7 Å². The summed E-state index contributed by atoms with van der Waals surface area (Å²) in [6.07, 6.45) is 0. The summed E-state index contributed by atoms with van der Waals surface area (Å²) in [4.78, 5) is 14.4. The third-order valence-corrected chi connectivity index (χ3v) is 5.48. The first kappa shape index (κ1) is 17.3. The van der Waals surface area contributed by atoms with Gasteiger partial charge in [-0.15, -0.1) is 11.3 Å². The van der Waals surface area contributed by atoms with Gasteiger partial charge in [-0.25, -0.2) is 4.68 Å². The zero-order valence-electron chi connectivity index (χ0n) is 15.3. The molecule has 4 aromatic rings. The number of nitrogens with one attached hydrogen (secondary N) is 1. The first-order valence-corrected chi connectivity index (χ1v) is 9.39. The largest absolute Gasteiger partial charge is 0.495 e. The van der Waals surface area contributed by atoms with Gasteiger partial charge in [0.25, 0.3) is 5.91 Å². The number of aryl methyl sites for hydroxylation is 2. The minimum atomic E-state index is -0.157. The van der Waals surface area contributed by atoms with E-state index in [1.54, 1.807) is 7.11 Å². The predicted octanol–water partition coefficient (Wildman–Crippen LogP) is 4.96. The molecule has 0 aliphatic heterocycles. The molecule has 6 heteroatoms. The van der Waals surface area contributed by atoms with E-state index < -0.39 is 0 Å². The Hall–Kier alpha value is -3.12. The molecule has 27 heavy (non-hydrogen) atoms. The number of carbonyl (C=O) groups is 1. The molecule has 0 radical (unpaired) electrons. The number of rotatable bonds is 4. The first-order chi connectivity index (χ1) is 13.1. The van der Waals surface area contributed by atoms with Crippen LogP contribution in [0.25, 0.3) is 15.9 Å². The van der Waals surface area contributed by atoms with Gasteiger partial charge in [-0.1, -0.05) is 24.3 Å². The van der Waals surface area contributed by atoms with Gasteiger partial charge < -0.3 is 10.1 Å². The number of hydrogen-bond acceptors (Lipinski definition) is 4. The highest BCUT2D eigenvalue weighted by Gasteiger charge is 2.18. The smallest absolute Gasteiger partial charge is 0.265 e. The second kappa shape index (κ2) is 6.89. The summed E-state index contributed by atoms with van der Waals surface area (Å²) < 4.78 is 7.21. The molecule has 4 rings (SSSR count). The highest BCUT2D eigenvalue weighted by atomic mass is 32.1. The van der Waals surface area contributed by atoms with Crippen molar-refractivity contribution in [3.05, 3.63) is 70.7 Å². The molecular weight excluding hydrogens is 358 g/mol. The van der Waals surface area contributed by atoms with E-state index in [4.69, 9.17) is 4.74 Å². The van der Waals surface area contributed by atoms with Gasteiger partial charge in [0.1, 0.15) is 10.6 Å². The molecule has 5 nitrogen and oxygen atoms in total. The van der Waals surface area contributed by atoms with Gasteiger partial charge in [-0.3, -0.25) is 4.79 Å². The summed E-state index contributed by atoms with van der Waals surface area (Å²) in [7, 11) is 1.59. The molecular formula is C21H19N3O2S. The zero-order valence-corrected chi connectivity index (χ0v) is 16.1. The third-order valence-electron chi connectivity index (χ3n) is 4.37. The van der Waals surface area contributed by atoms with E-state index in [-0.39, 0.29) is 5.91 Å². The number of thiophene rings is 1. The molecule has 0 unspecified atom stereocenters. The molecule has 0 bridgehead atoms. The van der Waals surface area contributed by atoms with E-state index in [1.807, 2.05) is 54.1 Å². The summed E-state index contributed by atoms with van der Waals surface area (Å²) in [6.45, 7) is 4.01. The fourth-order valence-corrected chi connectivity index (χ4v) is 4.10. The van der Waals surface area contributed by atoms with Crippen molar-refractivity contribution in [1.82, 2.24) is 9.78 Å². The molecule has 136 valence electrons. The Morgan fingerprint density at radius 2 is 1.93 bits per heavy atom. The Bertz CT molecular complexity index is 1140. The SMILES string of the molecule is COc1ccccc1NC(=O)c1cc2c(C)nn(-c3cccc(C)c3)c2s1. The monoisotopic (exact) mass is 377 g/mol. The fourth-order valence-electron chi connectivity index (χ4n) is 3.03. The normalized spacial score (nSPS) is 10.9. The van der Waals surface area contributed by atoms with Crippen molar-refractivity contribution >= 4 is 33.1 Å². The number of nitrogens with zero attached hydrogens (tertiary/aromatic N) is 2. The number of methoxy groups -OCH3 is 1. The summed E-state index contributed by atoms with van der Waals surface area (Å²) in [5.41, 5.74) is 3.71. The molecule has 1 amide bonds. The van der Waals surface area contributed by atoms with Crippen LogP contribution >= 0.6 is 11.3 Å². The molecule has 0 atom stereocenters. The minimum absolute atomic E-state index is 0.157. The van der Waals surface area contributed by atoms with Crippen LogP contribution in [0.1, 0.15) is 20.9 Å². The van der Waals surface area contributed by atoms with E-state index in [2.05, 4.69) is 29.5 Å². The predicted molar refractivity (Wildman–Crippen MR) is 109 cm³/mol. The van der Waals surface area contributed by atoms with Crippen LogP contribution in [0, 0.1) is 13.8 Å². The molecule has 2 aromatic heterocycles. The Morgan fingerprint density at radius 1 is 1.11 bits per heavy atom. The second-order valence-corrected chi connectivity index (χ2v) is 7.35. The third kappa shape index (κ3) is 3.19. The van der Waals surface area contributed by atoms with Crippen LogP contribution in [-0.2, 0) is 0 Å². The number of hydrogen-bond donors (Lipinski definition) is 1. The molecule has 0 aliphatic carbocycles. The number of carbonyl (C=O) groups excluding carboxylic acids is 1. The maximum atomic E-state index is 12.8. The number of aromatic nitrogens is 2. The van der Waals surface area contributed by atoms with Crippen LogP contribution in [0.4, 0.5) is 5.69 Å². The lowest BCUT2D eigenvalue weighted by Crippen LogP contribution is -2.11. The van der Waals surface area contributed by atoms with Crippen LogP contribution < -0.4 is 10.1 Å². The van der Waals surface area contributed by atoms with Gasteiger partial charge in [0, 0.05) is 5.39 Å². The van der Waals surface area contributed by atoms with Crippen molar-refractivity contribution in [3.8, 4) is 11.4 Å². The molecule has 0 saturated carbocycles. The fraction of sp³-hybridized carbons (Fsp3) is 0.143. The lowest BCUT2D eigenvalue weighted by atomic mass is 10.2. The lowest BCUT2D eigenvalue weighted by Gasteiger charge is -2.08. The van der Waals surface area contributed by atoms with Crippen molar-refractivity contribution in [2.75, 3.05) is 12.4 Å². The summed E-state index contributed by atoms with van der Waals surface area (Å²) in [5, 5.41) is 8.57. The van der Waals surface area contributed by atoms with E-state index in [0.717, 1.165) is 21.6 Å². The molecule has 2 heterocycles. The van der Waals surface area contributed by atoms with Gasteiger partial charge in [0.05, 0.1) is 29.1 Å². The first-order valence-electron chi connectivity index (χ1n) is 8.57. The average Bonchev–Trinajstić information content (AvgIpc) is 3.23. The van der Waals surface area contributed by atoms with Crippen molar-refractivity contribution < 1.29 is 9.53 Å². The number of para-hydroxylation sites is 2. The lowest BCUT2D eigenvalue weighted by molar-refractivity contribution is 0.103. The number of ether oxygens (including phenoxy) is 1. The molecule has 0 saturated heterocycles. The van der Waals surface area contributed by atoms with Crippen molar-refractivity contribution in [1.29, 1.82) is 0 Å². The van der Waals surface area contributed by atoms with Crippen LogP contribution in [0.3, 0.4) is 0 Å². The van der Waals surface area contributed by atoms with Crippen LogP contribution in [0.2, 0.25) is 0 Å². The average molecular weight is 377 g/mol. The van der Waals surface area contributed by atoms with E-state index >= 15 is 0 Å². The van der Waals surface area contributed by atoms with E-state index in [1.165, 1.54) is 16.9 Å². The molecule has 0 spiro atoms. The van der Waals surface area contributed by atoms with Crippen molar-refractivity contribution in [2.24, 2.45) is 0 Å². The molecule has 0 fully saturated rings. The van der Waals surface area contributed by atoms with Gasteiger partial charge in [-0.2, -0.15) is 5.10 Å². The Balaban J connectivity index is 1.71. The highest BCUT2D eigenvalue weighted by molar-refractivity contribution is 7.20. The number of fused-ring (bicyclic) bond motifs is 1. The van der Waals surface area contributed by atoms with Crippen LogP contribution in [0.5, 0.6) is 5.75 Å². The van der Waals surface area contributed by atoms with Gasteiger partial charge in [0.15, 0.2) is 0 Å². The number of anilines is 1. The van der Waals surface area contributed by atoms with Gasteiger partial charge in [0.2, 0.25) is 0 Å². The summed E-state index contributed by atoms with van der Waals surface area (Å²) in [5.74, 6) is 0.477. The van der Waals surface area contributed by atoms with Gasteiger partial charge >= 0.3 is 0 Å². The van der Waals surface area contributed by atoms with Crippen LogP contribution in [0.15, 0.2) is 54.6 Å². The topological polar surface area (TPSA) is 56.1 Å². The van der Waals surface area contributed by atoms with Crippen molar-refractivity contribution in [3.63, 3.8) is 0 Å². The molecule has 2 aromatic carbocycles. The quantitative estimate of drug-likeness (QED) is 0.547. The minimum Gasteiger partial charge on any atom is -0.495 e. The Morgan fingerprint density at radius 3 is 2.70 bits per heavy atom. The second-order valence-electron chi connectivity index (χ2n) is 6.32. The summed E-state index contributed by atoms with van der Waals surface area (Å²) in [6, 6.07) is 17.4. The maximum Gasteiger partial charge on any atom is 0.265 e. The highest BCUT2D eigenvalue weighted by Crippen LogP contribution is 2.32. The standard InChI is InChI=1S/C21H19N3O2S/c1-13-7-6-8-15(11-13)24-21-16(14(2)23-24)12-19(27-21)20(25)22-17-9-4-5-10-18(17)26-3/h4-12H,1-3H3,(H,22,25). The molecule has 1 N–H and O–H groups in total. The molecule has 0 aliphatic rings. The number of benzene rings is 2. The maximum absolute atomic E-state index is 12.8. The number of amides is 1. The van der Waals surface area contributed by atoms with Crippen molar-refractivity contribution in [2.45, 2.75) is 13.8 Å². The Kier molecular flexibility index (Phi) is 4.41. The van der Waals surface area contributed by atoms with Crippen LogP contribution in [-0.4, -0.2) is 22.8 Å². The summed E-state index contributed by atoms with van der Waals surface area (Å²) >= 11 is 1.43. The Labute approximate surface area is 161 Å². The van der Waals surface area contributed by atoms with E-state index in [0.29, 0.717) is 16.3 Å².